The Bertz CT molecular complexity index is 790. The van der Waals surface area contributed by atoms with E-state index in [1.165, 1.54) is 28.1 Å². The Balaban J connectivity index is 1.97. The molecule has 1 unspecified atom stereocenters. The van der Waals surface area contributed by atoms with E-state index < -0.39 is 0 Å². The molecule has 3 aromatic rings. The predicted octanol–water partition coefficient (Wildman–Crippen LogP) is 4.65. The Labute approximate surface area is 126 Å². The van der Waals surface area contributed by atoms with E-state index in [0.29, 0.717) is 0 Å². The topological polar surface area (TPSA) is 17.8 Å². The van der Waals surface area contributed by atoms with Crippen molar-refractivity contribution in [3.8, 4) is 16.9 Å². The van der Waals surface area contributed by atoms with E-state index in [1.54, 1.807) is 0 Å². The third-order valence-electron chi connectivity index (χ3n) is 3.89. The molecule has 0 radical (unpaired) electrons. The van der Waals surface area contributed by atoms with Crippen LogP contribution in [-0.4, -0.2) is 9.78 Å². The summed E-state index contributed by atoms with van der Waals surface area (Å²) in [6.07, 6.45) is 0. The van der Waals surface area contributed by atoms with E-state index in [9.17, 15) is 0 Å². The maximum atomic E-state index is 4.84. The number of benzene rings is 2. The Morgan fingerprint density at radius 2 is 1.70 bits per heavy atom. The van der Waals surface area contributed by atoms with Crippen LogP contribution in [0.4, 0.5) is 0 Å². The molecular weight excluding hydrogens is 312 g/mol. The van der Waals surface area contributed by atoms with Gasteiger partial charge in [0.05, 0.1) is 21.9 Å². The Kier molecular flexibility index (Phi) is 2.57. The number of rotatable bonds is 1. The minimum Gasteiger partial charge on any atom is -0.235 e. The Morgan fingerprint density at radius 3 is 2.50 bits per heavy atom. The molecule has 4 rings (SSSR count). The van der Waals surface area contributed by atoms with Crippen molar-refractivity contribution in [3.63, 3.8) is 0 Å². The largest absolute Gasteiger partial charge is 0.235 e. The van der Waals surface area contributed by atoms with Gasteiger partial charge in [0.15, 0.2) is 0 Å². The fraction of sp³-hybridized carbons (Fsp3) is 0.118. The van der Waals surface area contributed by atoms with Crippen molar-refractivity contribution < 1.29 is 0 Å². The molecule has 98 valence electrons. The summed E-state index contributed by atoms with van der Waals surface area (Å²) in [5.41, 5.74) is 7.19. The lowest BCUT2D eigenvalue weighted by Crippen LogP contribution is -1.94. The zero-order chi connectivity index (χ0) is 13.7. The molecule has 2 heterocycles. The van der Waals surface area contributed by atoms with Crippen LogP contribution in [0, 0.1) is 6.92 Å². The summed E-state index contributed by atoms with van der Waals surface area (Å²) in [7, 11) is 0. The first-order chi connectivity index (χ1) is 9.77. The van der Waals surface area contributed by atoms with Crippen molar-refractivity contribution in [1.82, 2.24) is 9.78 Å². The molecular formula is C17H13BrN2. The first-order valence-corrected chi connectivity index (χ1v) is 7.57. The van der Waals surface area contributed by atoms with Crippen LogP contribution in [0.25, 0.3) is 16.9 Å². The molecule has 0 N–H and O–H groups in total. The molecule has 0 saturated carbocycles. The number of aromatic nitrogens is 2. The van der Waals surface area contributed by atoms with Gasteiger partial charge < -0.3 is 0 Å². The van der Waals surface area contributed by atoms with Gasteiger partial charge in [-0.25, -0.2) is 4.68 Å². The lowest BCUT2D eigenvalue weighted by atomic mass is 10.0. The van der Waals surface area contributed by atoms with E-state index in [1.807, 2.05) is 6.07 Å². The van der Waals surface area contributed by atoms with Gasteiger partial charge in [0, 0.05) is 11.1 Å². The van der Waals surface area contributed by atoms with E-state index in [-0.39, 0.29) is 4.83 Å². The normalized spacial score (nSPS) is 16.0. The molecule has 1 atom stereocenters. The maximum absolute atomic E-state index is 4.84. The third kappa shape index (κ3) is 1.53. The fourth-order valence-electron chi connectivity index (χ4n) is 2.90. The standard InChI is InChI=1S/C17H13BrN2/c1-11-16(12-7-3-2-4-8-12)19-20-14-10-6-5-9-13(14)15(18)17(11)20/h2-10,15H,1H3. The first-order valence-electron chi connectivity index (χ1n) is 6.65. The van der Waals surface area contributed by atoms with Crippen LogP contribution in [0.5, 0.6) is 0 Å². The number of hydrogen-bond donors (Lipinski definition) is 0. The highest BCUT2D eigenvalue weighted by Gasteiger charge is 2.31. The number of halogens is 1. The van der Waals surface area contributed by atoms with Gasteiger partial charge in [-0.15, -0.1) is 0 Å². The molecule has 3 heteroatoms. The van der Waals surface area contributed by atoms with Crippen LogP contribution in [0.15, 0.2) is 54.6 Å². The van der Waals surface area contributed by atoms with Crippen LogP contribution in [0.3, 0.4) is 0 Å². The summed E-state index contributed by atoms with van der Waals surface area (Å²) in [4.78, 5) is 0.226. The summed E-state index contributed by atoms with van der Waals surface area (Å²) in [5, 5.41) is 4.84. The van der Waals surface area contributed by atoms with Crippen LogP contribution in [-0.2, 0) is 0 Å². The molecule has 1 aromatic heterocycles. The second kappa shape index (κ2) is 4.32. The average molecular weight is 325 g/mol. The highest BCUT2D eigenvalue weighted by atomic mass is 79.9. The summed E-state index contributed by atoms with van der Waals surface area (Å²) in [5.74, 6) is 0. The number of alkyl halides is 1. The van der Waals surface area contributed by atoms with Gasteiger partial charge in [0.2, 0.25) is 0 Å². The number of hydrogen-bond acceptors (Lipinski definition) is 1. The third-order valence-corrected chi connectivity index (χ3v) is 4.82. The zero-order valence-electron chi connectivity index (χ0n) is 11.0. The second-order valence-corrected chi connectivity index (χ2v) is 5.97. The smallest absolute Gasteiger partial charge is 0.0960 e. The molecule has 2 nitrogen and oxygen atoms in total. The van der Waals surface area contributed by atoms with Crippen molar-refractivity contribution in [2.75, 3.05) is 0 Å². The predicted molar refractivity (Wildman–Crippen MR) is 84.5 cm³/mol. The van der Waals surface area contributed by atoms with Crippen molar-refractivity contribution >= 4 is 15.9 Å². The fourth-order valence-corrected chi connectivity index (χ4v) is 3.83. The lowest BCUT2D eigenvalue weighted by molar-refractivity contribution is 0.871. The van der Waals surface area contributed by atoms with Gasteiger partial charge >= 0.3 is 0 Å². The maximum Gasteiger partial charge on any atom is 0.0960 e. The molecule has 1 aliphatic heterocycles. The van der Waals surface area contributed by atoms with Crippen LogP contribution < -0.4 is 0 Å². The highest BCUT2D eigenvalue weighted by molar-refractivity contribution is 9.09. The molecule has 1 aliphatic rings. The number of para-hydroxylation sites is 1. The summed E-state index contributed by atoms with van der Waals surface area (Å²) in [6.45, 7) is 2.15. The molecule has 0 fully saturated rings. The molecule has 0 spiro atoms. The van der Waals surface area contributed by atoms with Gasteiger partial charge in [-0.1, -0.05) is 64.5 Å². The first kappa shape index (κ1) is 11.9. The van der Waals surface area contributed by atoms with Gasteiger partial charge in [0.1, 0.15) is 0 Å². The Morgan fingerprint density at radius 1 is 1.00 bits per heavy atom. The zero-order valence-corrected chi connectivity index (χ0v) is 12.6. The van der Waals surface area contributed by atoms with Gasteiger partial charge in [0.25, 0.3) is 0 Å². The lowest BCUT2D eigenvalue weighted by Gasteiger charge is -2.04. The highest BCUT2D eigenvalue weighted by Crippen LogP contribution is 2.45. The summed E-state index contributed by atoms with van der Waals surface area (Å²) < 4.78 is 2.08. The monoisotopic (exact) mass is 324 g/mol. The number of fused-ring (bicyclic) bond motifs is 3. The molecule has 0 bridgehead atoms. The minimum absolute atomic E-state index is 0.226. The van der Waals surface area contributed by atoms with E-state index >= 15 is 0 Å². The van der Waals surface area contributed by atoms with Crippen molar-refractivity contribution in [3.05, 3.63) is 71.4 Å². The van der Waals surface area contributed by atoms with Crippen molar-refractivity contribution in [1.29, 1.82) is 0 Å². The second-order valence-electron chi connectivity index (χ2n) is 5.06. The van der Waals surface area contributed by atoms with Crippen molar-refractivity contribution in [2.45, 2.75) is 11.8 Å². The average Bonchev–Trinajstić information content (AvgIpc) is 2.98. The van der Waals surface area contributed by atoms with Crippen LogP contribution in [0.2, 0.25) is 0 Å². The SMILES string of the molecule is Cc1c(-c2ccccc2)nn2c1C(Br)c1ccccc1-2. The Hall–Kier alpha value is -1.87. The van der Waals surface area contributed by atoms with Gasteiger partial charge in [-0.05, 0) is 18.6 Å². The van der Waals surface area contributed by atoms with Crippen LogP contribution >= 0.6 is 15.9 Å². The molecule has 0 saturated heterocycles. The van der Waals surface area contributed by atoms with E-state index in [2.05, 4.69) is 76.1 Å². The molecule has 0 amide bonds. The van der Waals surface area contributed by atoms with Gasteiger partial charge in [-0.2, -0.15) is 5.10 Å². The van der Waals surface area contributed by atoms with Crippen molar-refractivity contribution in [2.24, 2.45) is 0 Å². The number of nitrogens with zero attached hydrogens (tertiary/aromatic N) is 2. The van der Waals surface area contributed by atoms with E-state index in [4.69, 9.17) is 5.10 Å². The van der Waals surface area contributed by atoms with E-state index in [0.717, 1.165) is 5.69 Å². The molecule has 0 aliphatic carbocycles. The minimum atomic E-state index is 0.226. The van der Waals surface area contributed by atoms with Gasteiger partial charge in [-0.3, -0.25) is 0 Å². The summed E-state index contributed by atoms with van der Waals surface area (Å²) in [6, 6.07) is 18.8. The quantitative estimate of drug-likeness (QED) is 0.596. The molecule has 20 heavy (non-hydrogen) atoms. The summed E-state index contributed by atoms with van der Waals surface area (Å²) >= 11 is 3.81. The molecule has 2 aromatic carbocycles. The van der Waals surface area contributed by atoms with Crippen LogP contribution in [0.1, 0.15) is 21.6 Å².